The Balaban J connectivity index is 2.27. The van der Waals surface area contributed by atoms with Gasteiger partial charge in [-0.15, -0.1) is 0 Å². The molecular weight excluding hydrogens is 304 g/mol. The van der Waals surface area contributed by atoms with Crippen LogP contribution in [0.3, 0.4) is 0 Å². The molecule has 2 N–H and O–H groups in total. The molecule has 4 nitrogen and oxygen atoms in total. The third-order valence-electron chi connectivity index (χ3n) is 5.07. The predicted molar refractivity (Wildman–Crippen MR) is 95.8 cm³/mol. The fourth-order valence-corrected chi connectivity index (χ4v) is 3.56. The van der Waals surface area contributed by atoms with E-state index in [0.29, 0.717) is 24.5 Å². The van der Waals surface area contributed by atoms with Crippen molar-refractivity contribution in [2.24, 2.45) is 11.8 Å². The number of rotatable bonds is 13. The van der Waals surface area contributed by atoms with E-state index in [4.69, 9.17) is 5.11 Å². The fraction of sp³-hybridized carbons (Fsp3) is 0.800. The summed E-state index contributed by atoms with van der Waals surface area (Å²) in [6.45, 7) is 2.16. The molecular formula is C20H34O4. The van der Waals surface area contributed by atoms with Crippen LogP contribution >= 0.6 is 0 Å². The zero-order valence-corrected chi connectivity index (χ0v) is 15.1. The maximum absolute atomic E-state index is 12.1. The van der Waals surface area contributed by atoms with Gasteiger partial charge in [0.05, 0.1) is 6.10 Å². The zero-order valence-electron chi connectivity index (χ0n) is 15.1. The minimum atomic E-state index is -0.757. The summed E-state index contributed by atoms with van der Waals surface area (Å²) in [6, 6.07) is 0. The molecule has 0 heterocycles. The number of ketones is 1. The second kappa shape index (κ2) is 12.2. The average Bonchev–Trinajstić information content (AvgIpc) is 2.89. The van der Waals surface area contributed by atoms with Crippen molar-refractivity contribution in [1.29, 1.82) is 0 Å². The molecule has 0 aliphatic heterocycles. The van der Waals surface area contributed by atoms with E-state index in [-0.39, 0.29) is 18.4 Å². The highest BCUT2D eigenvalue weighted by molar-refractivity contribution is 5.83. The Morgan fingerprint density at radius 1 is 1.25 bits per heavy atom. The van der Waals surface area contributed by atoms with Crippen LogP contribution in [0, 0.1) is 11.8 Å². The SMILES string of the molecule is CCCCCC(O)CCC1CCC(=O)C1C/C=C\CCCC(=O)O. The van der Waals surface area contributed by atoms with E-state index in [1.54, 1.807) is 0 Å². The molecule has 0 amide bonds. The third-order valence-corrected chi connectivity index (χ3v) is 5.07. The van der Waals surface area contributed by atoms with E-state index in [1.165, 1.54) is 12.8 Å². The van der Waals surface area contributed by atoms with Crippen LogP contribution in [0.2, 0.25) is 0 Å². The summed E-state index contributed by atoms with van der Waals surface area (Å²) >= 11 is 0. The Bertz CT molecular complexity index is 402. The second-order valence-electron chi connectivity index (χ2n) is 7.09. The minimum absolute atomic E-state index is 0.101. The fourth-order valence-electron chi connectivity index (χ4n) is 3.56. The zero-order chi connectivity index (χ0) is 17.8. The maximum Gasteiger partial charge on any atom is 0.303 e. The first-order chi connectivity index (χ1) is 11.5. The average molecular weight is 338 g/mol. The van der Waals surface area contributed by atoms with Crippen molar-refractivity contribution in [3.05, 3.63) is 12.2 Å². The second-order valence-corrected chi connectivity index (χ2v) is 7.09. The normalized spacial score (nSPS) is 22.3. The lowest BCUT2D eigenvalue weighted by molar-refractivity contribution is -0.137. The van der Waals surface area contributed by atoms with Crippen molar-refractivity contribution in [3.8, 4) is 0 Å². The van der Waals surface area contributed by atoms with Crippen molar-refractivity contribution in [1.82, 2.24) is 0 Å². The van der Waals surface area contributed by atoms with Gasteiger partial charge >= 0.3 is 5.97 Å². The Labute approximate surface area is 146 Å². The lowest BCUT2D eigenvalue weighted by atomic mass is 9.87. The summed E-state index contributed by atoms with van der Waals surface area (Å²) in [5.74, 6) is 0.105. The molecule has 0 aromatic carbocycles. The number of aliphatic hydroxyl groups is 1. The predicted octanol–water partition coefficient (Wildman–Crippen LogP) is 4.50. The topological polar surface area (TPSA) is 74.6 Å². The molecule has 1 saturated carbocycles. The number of aliphatic hydroxyl groups excluding tert-OH is 1. The molecule has 24 heavy (non-hydrogen) atoms. The Morgan fingerprint density at radius 3 is 2.75 bits per heavy atom. The first-order valence-electron chi connectivity index (χ1n) is 9.62. The summed E-state index contributed by atoms with van der Waals surface area (Å²) in [6.07, 6.45) is 13.9. The highest BCUT2D eigenvalue weighted by Crippen LogP contribution is 2.35. The van der Waals surface area contributed by atoms with Gasteiger partial charge in [-0.3, -0.25) is 9.59 Å². The molecule has 0 aromatic heterocycles. The number of carbonyl (C=O) groups excluding carboxylic acids is 1. The maximum atomic E-state index is 12.1. The van der Waals surface area contributed by atoms with Gasteiger partial charge in [0, 0.05) is 18.8 Å². The van der Waals surface area contributed by atoms with Crippen LogP contribution < -0.4 is 0 Å². The lowest BCUT2D eigenvalue weighted by Crippen LogP contribution is -2.16. The number of carbonyl (C=O) groups is 2. The number of Topliss-reactive ketones (excluding diaryl/α,β-unsaturated/α-hetero) is 1. The van der Waals surface area contributed by atoms with E-state index < -0.39 is 5.97 Å². The number of hydrogen-bond acceptors (Lipinski definition) is 3. The molecule has 0 bridgehead atoms. The van der Waals surface area contributed by atoms with Crippen LogP contribution in [0.5, 0.6) is 0 Å². The smallest absolute Gasteiger partial charge is 0.303 e. The molecule has 1 aliphatic rings. The van der Waals surface area contributed by atoms with Crippen molar-refractivity contribution >= 4 is 11.8 Å². The van der Waals surface area contributed by atoms with Crippen LogP contribution in [0.15, 0.2) is 12.2 Å². The van der Waals surface area contributed by atoms with E-state index in [1.807, 2.05) is 12.2 Å². The van der Waals surface area contributed by atoms with E-state index >= 15 is 0 Å². The van der Waals surface area contributed by atoms with Gasteiger partial charge in [0.25, 0.3) is 0 Å². The van der Waals surface area contributed by atoms with Crippen molar-refractivity contribution in [2.45, 2.75) is 90.1 Å². The molecule has 3 atom stereocenters. The highest BCUT2D eigenvalue weighted by atomic mass is 16.4. The van der Waals surface area contributed by atoms with E-state index in [0.717, 1.165) is 44.9 Å². The molecule has 4 heteroatoms. The number of carboxylic acid groups (broad SMARTS) is 1. The van der Waals surface area contributed by atoms with Crippen LogP contribution in [0.4, 0.5) is 0 Å². The Hall–Kier alpha value is -1.16. The molecule has 3 unspecified atom stereocenters. The number of aliphatic carboxylic acids is 1. The van der Waals surface area contributed by atoms with Gasteiger partial charge in [-0.1, -0.05) is 38.3 Å². The van der Waals surface area contributed by atoms with Crippen LogP contribution in [0.1, 0.15) is 84.0 Å². The highest BCUT2D eigenvalue weighted by Gasteiger charge is 2.33. The summed E-state index contributed by atoms with van der Waals surface area (Å²) < 4.78 is 0. The van der Waals surface area contributed by atoms with E-state index in [9.17, 15) is 14.7 Å². The summed E-state index contributed by atoms with van der Waals surface area (Å²) in [5.41, 5.74) is 0. The monoisotopic (exact) mass is 338 g/mol. The number of hydrogen-bond donors (Lipinski definition) is 2. The van der Waals surface area contributed by atoms with Crippen molar-refractivity contribution < 1.29 is 19.8 Å². The standard InChI is InChI=1S/C20H34O4/c1-2-3-6-9-17(21)14-12-16-13-15-19(22)18(16)10-7-4-5-8-11-20(23)24/h4,7,16-18,21H,2-3,5-6,8-15H2,1H3,(H,23,24)/b7-4-. The molecule has 0 saturated heterocycles. The Kier molecular flexibility index (Phi) is 10.6. The van der Waals surface area contributed by atoms with Crippen LogP contribution in [-0.2, 0) is 9.59 Å². The quantitative estimate of drug-likeness (QED) is 0.383. The van der Waals surface area contributed by atoms with Gasteiger partial charge in [-0.2, -0.15) is 0 Å². The Morgan fingerprint density at radius 2 is 2.04 bits per heavy atom. The summed E-state index contributed by atoms with van der Waals surface area (Å²) in [7, 11) is 0. The summed E-state index contributed by atoms with van der Waals surface area (Å²) in [5, 5.41) is 18.7. The molecule has 0 radical (unpaired) electrons. The lowest BCUT2D eigenvalue weighted by Gasteiger charge is -2.19. The van der Waals surface area contributed by atoms with Crippen LogP contribution in [-0.4, -0.2) is 28.1 Å². The first kappa shape index (κ1) is 20.9. The number of carboxylic acids is 1. The van der Waals surface area contributed by atoms with Gasteiger partial charge < -0.3 is 10.2 Å². The van der Waals surface area contributed by atoms with Gasteiger partial charge in [-0.25, -0.2) is 0 Å². The van der Waals surface area contributed by atoms with Gasteiger partial charge in [-0.05, 0) is 50.9 Å². The van der Waals surface area contributed by atoms with Gasteiger partial charge in [0.1, 0.15) is 5.78 Å². The number of allylic oxidation sites excluding steroid dienone is 2. The van der Waals surface area contributed by atoms with Crippen molar-refractivity contribution in [2.75, 3.05) is 0 Å². The largest absolute Gasteiger partial charge is 0.481 e. The number of unbranched alkanes of at least 4 members (excludes halogenated alkanes) is 3. The summed E-state index contributed by atoms with van der Waals surface area (Å²) in [4.78, 5) is 22.5. The molecule has 0 aromatic rings. The first-order valence-corrected chi connectivity index (χ1v) is 9.62. The van der Waals surface area contributed by atoms with Gasteiger partial charge in [0.15, 0.2) is 0 Å². The molecule has 1 aliphatic carbocycles. The molecule has 1 rings (SSSR count). The third kappa shape index (κ3) is 8.62. The molecule has 0 spiro atoms. The van der Waals surface area contributed by atoms with E-state index in [2.05, 4.69) is 6.92 Å². The van der Waals surface area contributed by atoms with Crippen LogP contribution in [0.25, 0.3) is 0 Å². The molecule has 1 fully saturated rings. The molecule has 138 valence electrons. The van der Waals surface area contributed by atoms with Gasteiger partial charge in [0.2, 0.25) is 0 Å². The van der Waals surface area contributed by atoms with Crippen molar-refractivity contribution in [3.63, 3.8) is 0 Å². The minimum Gasteiger partial charge on any atom is -0.481 e.